The van der Waals surface area contributed by atoms with Crippen LogP contribution in [-0.2, 0) is 24.2 Å². The lowest BCUT2D eigenvalue weighted by Gasteiger charge is -2.24. The van der Waals surface area contributed by atoms with Crippen LogP contribution in [0.3, 0.4) is 0 Å². The molecule has 0 bridgehead atoms. The zero-order valence-electron chi connectivity index (χ0n) is 17.8. The van der Waals surface area contributed by atoms with Gasteiger partial charge in [-0.1, -0.05) is 6.42 Å². The number of nitrogens with zero attached hydrogens (tertiary/aromatic N) is 3. The molecule has 0 aliphatic carbocycles. The van der Waals surface area contributed by atoms with Crippen molar-refractivity contribution in [3.05, 3.63) is 50.8 Å². The monoisotopic (exact) mass is 441 g/mol. The quantitative estimate of drug-likeness (QED) is 0.600. The number of aryl methyl sites for hydroxylation is 2. The highest BCUT2D eigenvalue weighted by Gasteiger charge is 2.28. The number of hydrogen-bond acceptors (Lipinski definition) is 6. The van der Waals surface area contributed by atoms with Crippen molar-refractivity contribution in [1.82, 2.24) is 14.5 Å². The molecular weight excluding hydrogens is 414 g/mol. The molecule has 5 heterocycles. The fourth-order valence-corrected chi connectivity index (χ4v) is 5.76. The normalized spacial score (nSPS) is 18.8. The highest BCUT2D eigenvalue weighted by Crippen LogP contribution is 2.30. The zero-order chi connectivity index (χ0) is 21.4. The van der Waals surface area contributed by atoms with Crippen molar-refractivity contribution in [3.8, 4) is 0 Å². The summed E-state index contributed by atoms with van der Waals surface area (Å²) in [4.78, 5) is 34.8. The minimum atomic E-state index is -0.0907. The molecule has 8 heteroatoms. The molecule has 1 amide bonds. The summed E-state index contributed by atoms with van der Waals surface area (Å²) >= 11 is 1.34. The van der Waals surface area contributed by atoms with E-state index in [0.717, 1.165) is 62.3 Å². The number of thiophene rings is 1. The molecule has 1 atom stereocenters. The first-order valence-corrected chi connectivity index (χ1v) is 11.9. The summed E-state index contributed by atoms with van der Waals surface area (Å²) in [5.74, 6) is 1.49. The van der Waals surface area contributed by atoms with Crippen LogP contribution < -0.4 is 5.56 Å². The van der Waals surface area contributed by atoms with Gasteiger partial charge in [-0.25, -0.2) is 4.98 Å². The van der Waals surface area contributed by atoms with Gasteiger partial charge in [-0.2, -0.15) is 0 Å². The number of rotatable bonds is 5. The van der Waals surface area contributed by atoms with E-state index < -0.39 is 0 Å². The van der Waals surface area contributed by atoms with E-state index in [1.165, 1.54) is 11.3 Å². The number of hydrogen-bond donors (Lipinski definition) is 0. The molecule has 0 unspecified atom stereocenters. The topological polar surface area (TPSA) is 77.6 Å². The Bertz CT molecular complexity index is 1140. The maximum atomic E-state index is 13.6. The molecule has 0 radical (unpaired) electrons. The summed E-state index contributed by atoms with van der Waals surface area (Å²) in [5, 5.41) is 0.592. The first-order chi connectivity index (χ1) is 15.1. The molecular formula is C23H27N3O4S. The Morgan fingerprint density at radius 1 is 1.32 bits per heavy atom. The van der Waals surface area contributed by atoms with Gasteiger partial charge in [-0.3, -0.25) is 14.2 Å². The van der Waals surface area contributed by atoms with E-state index >= 15 is 0 Å². The van der Waals surface area contributed by atoms with Gasteiger partial charge in [0.15, 0.2) is 0 Å². The van der Waals surface area contributed by atoms with Gasteiger partial charge < -0.3 is 14.1 Å². The van der Waals surface area contributed by atoms with Gasteiger partial charge in [0, 0.05) is 26.1 Å². The van der Waals surface area contributed by atoms with E-state index in [4.69, 9.17) is 14.1 Å². The largest absolute Gasteiger partial charge is 0.467 e. The molecule has 7 nitrogen and oxygen atoms in total. The molecule has 164 valence electrons. The lowest BCUT2D eigenvalue weighted by molar-refractivity contribution is 0.0495. The predicted molar refractivity (Wildman–Crippen MR) is 119 cm³/mol. The zero-order valence-corrected chi connectivity index (χ0v) is 18.6. The first-order valence-electron chi connectivity index (χ1n) is 11.1. The summed E-state index contributed by atoms with van der Waals surface area (Å²) in [5.41, 5.74) is 0.727. The van der Waals surface area contributed by atoms with Crippen molar-refractivity contribution in [2.75, 3.05) is 13.2 Å². The van der Waals surface area contributed by atoms with Crippen LogP contribution in [0.5, 0.6) is 0 Å². The number of carbonyl (C=O) groups excluding carboxylic acids is 1. The van der Waals surface area contributed by atoms with Crippen molar-refractivity contribution in [3.63, 3.8) is 0 Å². The first kappa shape index (κ1) is 20.5. The fraction of sp³-hybridized carbons (Fsp3) is 0.522. The van der Waals surface area contributed by atoms with Crippen molar-refractivity contribution < 1.29 is 13.9 Å². The third kappa shape index (κ3) is 3.94. The second-order valence-electron chi connectivity index (χ2n) is 8.43. The summed E-state index contributed by atoms with van der Waals surface area (Å²) in [7, 11) is 0. The van der Waals surface area contributed by atoms with E-state index in [-0.39, 0.29) is 17.6 Å². The number of amides is 1. The lowest BCUT2D eigenvalue weighted by atomic mass is 10.1. The van der Waals surface area contributed by atoms with Crippen molar-refractivity contribution in [1.29, 1.82) is 0 Å². The third-order valence-corrected chi connectivity index (χ3v) is 7.44. The Morgan fingerprint density at radius 3 is 3.00 bits per heavy atom. The van der Waals surface area contributed by atoms with E-state index in [1.54, 1.807) is 11.2 Å². The molecule has 0 N–H and O–H groups in total. The fourth-order valence-electron chi connectivity index (χ4n) is 4.60. The highest BCUT2D eigenvalue weighted by molar-refractivity contribution is 7.20. The minimum Gasteiger partial charge on any atom is -0.467 e. The van der Waals surface area contributed by atoms with Crippen molar-refractivity contribution in [2.24, 2.45) is 0 Å². The smallest absolute Gasteiger partial charge is 0.264 e. The van der Waals surface area contributed by atoms with Gasteiger partial charge in [0.05, 0.1) is 29.2 Å². The lowest BCUT2D eigenvalue weighted by Crippen LogP contribution is -2.36. The SMILES string of the molecule is Cc1c(C(=O)N(Cc2ccco2)C[C@H]2CCCO2)sc2nc3n(c(=O)c12)CCCCC3. The predicted octanol–water partition coefficient (Wildman–Crippen LogP) is 3.91. The second-order valence-corrected chi connectivity index (χ2v) is 9.43. The molecule has 0 saturated carbocycles. The maximum absolute atomic E-state index is 13.6. The molecule has 2 aliphatic rings. The molecule has 3 aromatic rings. The van der Waals surface area contributed by atoms with Crippen LogP contribution in [0.4, 0.5) is 0 Å². The Labute approximate surface area is 184 Å². The molecule has 5 rings (SSSR count). The van der Waals surface area contributed by atoms with E-state index in [2.05, 4.69) is 0 Å². The molecule has 1 saturated heterocycles. The minimum absolute atomic E-state index is 0.00795. The van der Waals surface area contributed by atoms with E-state index in [1.807, 2.05) is 23.6 Å². The van der Waals surface area contributed by atoms with Crippen LogP contribution in [0.2, 0.25) is 0 Å². The van der Waals surface area contributed by atoms with Gasteiger partial charge in [-0.15, -0.1) is 11.3 Å². The van der Waals surface area contributed by atoms with Crippen molar-refractivity contribution in [2.45, 2.75) is 64.6 Å². The number of carbonyl (C=O) groups is 1. The van der Waals surface area contributed by atoms with Crippen LogP contribution in [0.15, 0.2) is 27.6 Å². The Kier molecular flexibility index (Phi) is 5.67. The van der Waals surface area contributed by atoms with Gasteiger partial charge in [0.2, 0.25) is 0 Å². The number of fused-ring (bicyclic) bond motifs is 2. The molecule has 31 heavy (non-hydrogen) atoms. The number of aromatic nitrogens is 2. The van der Waals surface area contributed by atoms with Gasteiger partial charge >= 0.3 is 0 Å². The second kappa shape index (κ2) is 8.59. The summed E-state index contributed by atoms with van der Waals surface area (Å²) in [6.07, 6.45) is 7.59. The van der Waals surface area contributed by atoms with Crippen LogP contribution in [0.1, 0.15) is 58.9 Å². The van der Waals surface area contributed by atoms with Crippen LogP contribution in [0, 0.1) is 6.92 Å². The van der Waals surface area contributed by atoms with Gasteiger partial charge in [0.25, 0.3) is 11.5 Å². The average molecular weight is 442 g/mol. The average Bonchev–Trinajstić information content (AvgIpc) is 3.48. The Morgan fingerprint density at radius 2 is 2.23 bits per heavy atom. The summed E-state index contributed by atoms with van der Waals surface area (Å²) in [6.45, 7) is 4.20. The standard InChI is InChI=1S/C23H27N3O4S/c1-15-19-21(24-18-9-3-2-4-10-26(18)22(19)27)31-20(15)23(28)25(13-16-7-5-11-29-16)14-17-8-6-12-30-17/h5,7,11,17H,2-4,6,8-10,12-14H2,1H3/t17-/m1/s1. The van der Waals surface area contributed by atoms with Crippen molar-refractivity contribution >= 4 is 27.5 Å². The molecule has 1 fully saturated rings. The summed E-state index contributed by atoms with van der Waals surface area (Å²) in [6, 6.07) is 3.70. The summed E-state index contributed by atoms with van der Waals surface area (Å²) < 4.78 is 13.1. The van der Waals surface area contributed by atoms with Crippen LogP contribution in [0.25, 0.3) is 10.2 Å². The van der Waals surface area contributed by atoms with Crippen LogP contribution in [-0.4, -0.2) is 39.6 Å². The maximum Gasteiger partial charge on any atom is 0.264 e. The molecule has 3 aromatic heterocycles. The molecule has 0 aromatic carbocycles. The Balaban J connectivity index is 1.52. The van der Waals surface area contributed by atoms with E-state index in [9.17, 15) is 9.59 Å². The van der Waals surface area contributed by atoms with E-state index in [0.29, 0.717) is 34.7 Å². The van der Waals surface area contributed by atoms with Crippen LogP contribution >= 0.6 is 11.3 Å². The number of ether oxygens (including phenoxy) is 1. The van der Waals surface area contributed by atoms with Gasteiger partial charge in [0.1, 0.15) is 16.4 Å². The molecule has 2 aliphatic heterocycles. The highest BCUT2D eigenvalue weighted by atomic mass is 32.1. The van der Waals surface area contributed by atoms with Gasteiger partial charge in [-0.05, 0) is 50.3 Å². The number of furan rings is 1. The Hall–Kier alpha value is -2.45. The third-order valence-electron chi connectivity index (χ3n) is 6.27. The molecule has 0 spiro atoms.